The van der Waals surface area contributed by atoms with Gasteiger partial charge in [-0.15, -0.1) is 11.8 Å². The first-order chi connectivity index (χ1) is 11.2. The number of benzene rings is 1. The molecular weight excluding hydrogens is 339 g/mol. The quantitative estimate of drug-likeness (QED) is 0.821. The van der Waals surface area contributed by atoms with Gasteiger partial charge in [-0.25, -0.2) is 4.68 Å². The lowest BCUT2D eigenvalue weighted by Crippen LogP contribution is -2.33. The molecule has 0 saturated heterocycles. The lowest BCUT2D eigenvalue weighted by atomic mass is 10.1. The van der Waals surface area contributed by atoms with Crippen molar-refractivity contribution in [1.82, 2.24) is 9.78 Å². The SMILES string of the molecule is CSc1ccc(-c2cnn(CC(F)(F)F)c(=O)c2NC(C)C)cc1. The number of nitrogens with zero attached hydrogens (tertiary/aromatic N) is 2. The molecule has 0 aliphatic heterocycles. The molecule has 0 atom stereocenters. The fourth-order valence-corrected chi connectivity index (χ4v) is 2.60. The van der Waals surface area contributed by atoms with Crippen LogP contribution >= 0.6 is 11.8 Å². The van der Waals surface area contributed by atoms with Crippen molar-refractivity contribution in [3.8, 4) is 11.1 Å². The van der Waals surface area contributed by atoms with E-state index in [4.69, 9.17) is 0 Å². The van der Waals surface area contributed by atoms with Crippen LogP contribution in [0.3, 0.4) is 0 Å². The smallest absolute Gasteiger partial charge is 0.378 e. The van der Waals surface area contributed by atoms with E-state index in [1.807, 2.05) is 44.4 Å². The second-order valence-corrected chi connectivity index (χ2v) is 6.42. The minimum atomic E-state index is -4.51. The first kappa shape index (κ1) is 18.4. The van der Waals surface area contributed by atoms with Crippen molar-refractivity contribution in [1.29, 1.82) is 0 Å². The predicted octanol–water partition coefficient (Wildman–Crippen LogP) is 4.01. The fraction of sp³-hybridized carbons (Fsp3) is 0.375. The van der Waals surface area contributed by atoms with E-state index in [1.165, 1.54) is 6.20 Å². The van der Waals surface area contributed by atoms with E-state index < -0.39 is 18.3 Å². The molecule has 0 saturated carbocycles. The van der Waals surface area contributed by atoms with E-state index in [0.717, 1.165) is 10.5 Å². The highest BCUT2D eigenvalue weighted by Crippen LogP contribution is 2.27. The van der Waals surface area contributed by atoms with Crippen molar-refractivity contribution < 1.29 is 13.2 Å². The number of aromatic nitrogens is 2. The summed E-state index contributed by atoms with van der Waals surface area (Å²) in [6.07, 6.45) is -1.26. The van der Waals surface area contributed by atoms with Crippen LogP contribution in [0.1, 0.15) is 13.8 Å². The Kier molecular flexibility index (Phi) is 5.58. The number of anilines is 1. The number of hydrogen-bond acceptors (Lipinski definition) is 4. The van der Waals surface area contributed by atoms with Crippen LogP contribution in [-0.4, -0.2) is 28.3 Å². The highest BCUT2D eigenvalue weighted by molar-refractivity contribution is 7.98. The van der Waals surface area contributed by atoms with Crippen molar-refractivity contribution in [3.63, 3.8) is 0 Å². The summed E-state index contributed by atoms with van der Waals surface area (Å²) in [6.45, 7) is 2.22. The van der Waals surface area contributed by atoms with Gasteiger partial charge in [0, 0.05) is 16.5 Å². The van der Waals surface area contributed by atoms with Crippen molar-refractivity contribution in [3.05, 3.63) is 40.8 Å². The van der Waals surface area contributed by atoms with Gasteiger partial charge in [-0.05, 0) is 37.8 Å². The summed E-state index contributed by atoms with van der Waals surface area (Å²) in [5, 5.41) is 6.64. The molecule has 1 aromatic heterocycles. The molecule has 0 bridgehead atoms. The highest BCUT2D eigenvalue weighted by Gasteiger charge is 2.30. The number of hydrogen-bond donors (Lipinski definition) is 1. The number of nitrogens with one attached hydrogen (secondary N) is 1. The Morgan fingerprint density at radius 2 is 1.88 bits per heavy atom. The molecule has 0 amide bonds. The Hall–Kier alpha value is -1.96. The van der Waals surface area contributed by atoms with Crippen LogP contribution in [0.2, 0.25) is 0 Å². The largest absolute Gasteiger partial charge is 0.408 e. The van der Waals surface area contributed by atoms with Gasteiger partial charge in [0.1, 0.15) is 12.2 Å². The first-order valence-corrected chi connectivity index (χ1v) is 8.51. The van der Waals surface area contributed by atoms with E-state index in [1.54, 1.807) is 11.8 Å². The molecule has 0 radical (unpaired) electrons. The van der Waals surface area contributed by atoms with Crippen molar-refractivity contribution in [2.75, 3.05) is 11.6 Å². The fourth-order valence-electron chi connectivity index (χ4n) is 2.19. The molecule has 0 fully saturated rings. The molecule has 0 spiro atoms. The summed E-state index contributed by atoms with van der Waals surface area (Å²) in [5.74, 6) is 0. The Morgan fingerprint density at radius 3 is 2.38 bits per heavy atom. The molecule has 8 heteroatoms. The lowest BCUT2D eigenvalue weighted by Gasteiger charge is -2.16. The molecule has 1 N–H and O–H groups in total. The van der Waals surface area contributed by atoms with Crippen LogP contribution in [0.5, 0.6) is 0 Å². The zero-order chi connectivity index (χ0) is 17.9. The third-order valence-electron chi connectivity index (χ3n) is 3.21. The van der Waals surface area contributed by atoms with Gasteiger partial charge < -0.3 is 5.32 Å². The summed E-state index contributed by atoms with van der Waals surface area (Å²) >= 11 is 1.58. The standard InChI is InChI=1S/C16H18F3N3OS/c1-10(2)21-14-13(11-4-6-12(24-3)7-5-11)8-20-22(15(14)23)9-16(17,18)19/h4-8,10,21H,9H2,1-3H3. The third kappa shape index (κ3) is 4.53. The topological polar surface area (TPSA) is 46.9 Å². The van der Waals surface area contributed by atoms with Crippen LogP contribution in [0, 0.1) is 0 Å². The Bertz CT molecular complexity index is 755. The monoisotopic (exact) mass is 357 g/mol. The molecule has 0 aliphatic rings. The molecule has 2 rings (SSSR count). The Balaban J connectivity index is 2.54. The molecule has 0 aliphatic carbocycles. The van der Waals surface area contributed by atoms with E-state index in [-0.39, 0.29) is 11.7 Å². The zero-order valence-electron chi connectivity index (χ0n) is 13.5. The van der Waals surface area contributed by atoms with Crippen LogP contribution in [0.15, 0.2) is 40.2 Å². The van der Waals surface area contributed by atoms with Gasteiger partial charge >= 0.3 is 6.18 Å². The number of thioether (sulfide) groups is 1. The second-order valence-electron chi connectivity index (χ2n) is 5.54. The maximum Gasteiger partial charge on any atom is 0.408 e. The zero-order valence-corrected chi connectivity index (χ0v) is 14.3. The number of rotatable bonds is 5. The maximum atomic E-state index is 12.6. The van der Waals surface area contributed by atoms with Crippen LogP contribution in [0.25, 0.3) is 11.1 Å². The minimum absolute atomic E-state index is 0.108. The van der Waals surface area contributed by atoms with Crippen LogP contribution < -0.4 is 10.9 Å². The van der Waals surface area contributed by atoms with E-state index in [2.05, 4.69) is 10.4 Å². The van der Waals surface area contributed by atoms with E-state index >= 15 is 0 Å². The lowest BCUT2D eigenvalue weighted by molar-refractivity contribution is -0.143. The van der Waals surface area contributed by atoms with Crippen molar-refractivity contribution in [2.24, 2.45) is 0 Å². The summed E-state index contributed by atoms with van der Waals surface area (Å²) in [5.41, 5.74) is 0.549. The molecule has 0 unspecified atom stereocenters. The second kappa shape index (κ2) is 7.29. The normalized spacial score (nSPS) is 11.8. The summed E-state index contributed by atoms with van der Waals surface area (Å²) in [7, 11) is 0. The average molecular weight is 357 g/mol. The third-order valence-corrected chi connectivity index (χ3v) is 3.95. The maximum absolute atomic E-state index is 12.6. The van der Waals surface area contributed by atoms with Gasteiger partial charge in [-0.3, -0.25) is 4.79 Å². The summed E-state index contributed by atoms with van der Waals surface area (Å²) in [6, 6.07) is 7.31. The highest BCUT2D eigenvalue weighted by atomic mass is 32.2. The molecule has 4 nitrogen and oxygen atoms in total. The van der Waals surface area contributed by atoms with Crippen molar-refractivity contribution in [2.45, 2.75) is 37.5 Å². The summed E-state index contributed by atoms with van der Waals surface area (Å²) < 4.78 is 38.2. The minimum Gasteiger partial charge on any atom is -0.378 e. The van der Waals surface area contributed by atoms with Crippen LogP contribution in [-0.2, 0) is 6.54 Å². The van der Waals surface area contributed by atoms with Crippen molar-refractivity contribution >= 4 is 17.4 Å². The number of halogens is 3. The molecule has 130 valence electrons. The van der Waals surface area contributed by atoms with Gasteiger partial charge in [0.15, 0.2) is 0 Å². The van der Waals surface area contributed by atoms with Crippen LogP contribution in [0.4, 0.5) is 18.9 Å². The van der Waals surface area contributed by atoms with Gasteiger partial charge in [-0.2, -0.15) is 18.3 Å². The van der Waals surface area contributed by atoms with Gasteiger partial charge in [0.05, 0.1) is 6.20 Å². The average Bonchev–Trinajstić information content (AvgIpc) is 2.50. The Labute approximate surface area is 142 Å². The van der Waals surface area contributed by atoms with Gasteiger partial charge in [0.25, 0.3) is 5.56 Å². The first-order valence-electron chi connectivity index (χ1n) is 7.29. The van der Waals surface area contributed by atoms with E-state index in [0.29, 0.717) is 10.2 Å². The van der Waals surface area contributed by atoms with E-state index in [9.17, 15) is 18.0 Å². The molecule has 2 aromatic rings. The summed E-state index contributed by atoms with van der Waals surface area (Å²) in [4.78, 5) is 13.5. The molecule has 24 heavy (non-hydrogen) atoms. The van der Waals surface area contributed by atoms with Gasteiger partial charge in [-0.1, -0.05) is 12.1 Å². The molecular formula is C16H18F3N3OS. The molecule has 1 aromatic carbocycles. The molecule has 1 heterocycles. The predicted molar refractivity (Wildman–Crippen MR) is 90.5 cm³/mol. The van der Waals surface area contributed by atoms with Gasteiger partial charge in [0.2, 0.25) is 0 Å². The number of alkyl halides is 3. The Morgan fingerprint density at radius 1 is 1.25 bits per heavy atom.